The van der Waals surface area contributed by atoms with E-state index in [2.05, 4.69) is 123 Å². The maximum Gasteiger partial charge on any atom is 0.160 e. The van der Waals surface area contributed by atoms with Crippen LogP contribution in [0.3, 0.4) is 0 Å². The minimum Gasteiger partial charge on any atom is -0.228 e. The summed E-state index contributed by atoms with van der Waals surface area (Å²) in [6, 6.07) is 55.1. The van der Waals surface area contributed by atoms with Gasteiger partial charge in [0, 0.05) is 31.9 Å². The van der Waals surface area contributed by atoms with Gasteiger partial charge in [-0.3, -0.25) is 0 Å². The summed E-state index contributed by atoms with van der Waals surface area (Å²) in [6.07, 6.45) is 0. The normalized spacial score (nSPS) is 12.9. The molecule has 1 aliphatic rings. The fourth-order valence-corrected chi connectivity index (χ4v) is 8.27. The van der Waals surface area contributed by atoms with Crippen molar-refractivity contribution in [2.24, 2.45) is 0 Å². The summed E-state index contributed by atoms with van der Waals surface area (Å²) in [6.45, 7) is 4.45. The van der Waals surface area contributed by atoms with Gasteiger partial charge in [0.15, 0.2) is 5.82 Å². The molecule has 1 aliphatic heterocycles. The standard InChI is InChI=1S/C44H31N3S/c1-44(2)37-24-23-32(26-41(37)48-40-22-12-19-34(28-45)42(40)44)36-21-10-9-20-35(36)31-17-11-18-33(25-31)39-27-38(29-13-5-3-6-14-29)46-43(47-39)30-15-7-4-8-16-30/h3-27H,1-2H3. The van der Waals surface area contributed by atoms with E-state index in [0.29, 0.717) is 5.82 Å². The van der Waals surface area contributed by atoms with Crippen LogP contribution < -0.4 is 0 Å². The van der Waals surface area contributed by atoms with Gasteiger partial charge in [-0.25, -0.2) is 9.97 Å². The van der Waals surface area contributed by atoms with Gasteiger partial charge in [-0.2, -0.15) is 5.26 Å². The second kappa shape index (κ2) is 12.1. The molecule has 0 aliphatic carbocycles. The Labute approximate surface area is 285 Å². The number of fused-ring (bicyclic) bond motifs is 2. The van der Waals surface area contributed by atoms with Gasteiger partial charge in [0.1, 0.15) is 0 Å². The van der Waals surface area contributed by atoms with Crippen LogP contribution in [0.5, 0.6) is 0 Å². The third-order valence-corrected chi connectivity index (χ3v) is 10.3. The zero-order valence-corrected chi connectivity index (χ0v) is 27.5. The first-order valence-electron chi connectivity index (χ1n) is 16.1. The van der Waals surface area contributed by atoms with E-state index in [4.69, 9.17) is 9.97 Å². The van der Waals surface area contributed by atoms with E-state index < -0.39 is 0 Å². The number of hydrogen-bond donors (Lipinski definition) is 0. The van der Waals surface area contributed by atoms with Crippen LogP contribution in [-0.4, -0.2) is 9.97 Å². The zero-order chi connectivity index (χ0) is 32.7. The van der Waals surface area contributed by atoms with E-state index in [9.17, 15) is 5.26 Å². The maximum absolute atomic E-state index is 9.86. The van der Waals surface area contributed by atoms with Gasteiger partial charge in [0.05, 0.1) is 23.0 Å². The first-order valence-corrected chi connectivity index (χ1v) is 16.9. The quantitative estimate of drug-likeness (QED) is 0.189. The lowest BCUT2D eigenvalue weighted by atomic mass is 9.75. The van der Waals surface area contributed by atoms with Gasteiger partial charge in [-0.1, -0.05) is 147 Å². The van der Waals surface area contributed by atoms with Gasteiger partial charge < -0.3 is 0 Å². The molecule has 7 aromatic rings. The highest BCUT2D eigenvalue weighted by atomic mass is 32.2. The van der Waals surface area contributed by atoms with Crippen LogP contribution in [0.25, 0.3) is 56.2 Å². The molecule has 0 fully saturated rings. The molecule has 0 radical (unpaired) electrons. The van der Waals surface area contributed by atoms with Gasteiger partial charge in [-0.05, 0) is 63.7 Å². The topological polar surface area (TPSA) is 49.6 Å². The van der Waals surface area contributed by atoms with E-state index in [1.807, 2.05) is 48.5 Å². The minimum absolute atomic E-state index is 0.274. The van der Waals surface area contributed by atoms with Gasteiger partial charge in [0.25, 0.3) is 0 Å². The molecule has 2 heterocycles. The minimum atomic E-state index is -0.274. The van der Waals surface area contributed by atoms with E-state index in [1.54, 1.807) is 11.8 Å². The molecule has 0 N–H and O–H groups in total. The lowest BCUT2D eigenvalue weighted by molar-refractivity contribution is 0.605. The van der Waals surface area contributed by atoms with Crippen molar-refractivity contribution in [2.45, 2.75) is 29.1 Å². The van der Waals surface area contributed by atoms with Crippen molar-refractivity contribution < 1.29 is 0 Å². The van der Waals surface area contributed by atoms with Gasteiger partial charge in [0.2, 0.25) is 0 Å². The van der Waals surface area contributed by atoms with Crippen LogP contribution in [0.2, 0.25) is 0 Å². The Morgan fingerprint density at radius 2 is 1.10 bits per heavy atom. The summed E-state index contributed by atoms with van der Waals surface area (Å²) in [7, 11) is 0. The Bertz CT molecular complexity index is 2300. The van der Waals surface area contributed by atoms with Crippen LogP contribution in [0.1, 0.15) is 30.5 Å². The Balaban J connectivity index is 1.21. The van der Waals surface area contributed by atoms with Crippen molar-refractivity contribution in [2.75, 3.05) is 0 Å². The second-order valence-electron chi connectivity index (χ2n) is 12.5. The number of nitrogens with zero attached hydrogens (tertiary/aromatic N) is 3. The number of benzene rings is 6. The number of rotatable bonds is 5. The fraction of sp³-hybridized carbons (Fsp3) is 0.0682. The lowest BCUT2D eigenvalue weighted by Gasteiger charge is -2.35. The monoisotopic (exact) mass is 633 g/mol. The van der Waals surface area contributed by atoms with E-state index in [-0.39, 0.29) is 5.41 Å². The van der Waals surface area contributed by atoms with Crippen LogP contribution in [-0.2, 0) is 5.41 Å². The highest BCUT2D eigenvalue weighted by Gasteiger charge is 2.35. The molecule has 48 heavy (non-hydrogen) atoms. The SMILES string of the molecule is CC1(C)c2ccc(-c3ccccc3-c3cccc(-c4cc(-c5ccccc5)nc(-c5ccccc5)n4)c3)cc2Sc2cccc(C#N)c21. The molecular weight excluding hydrogens is 603 g/mol. The first-order chi connectivity index (χ1) is 23.5. The smallest absolute Gasteiger partial charge is 0.160 e. The molecule has 0 amide bonds. The Hall–Kier alpha value is -5.76. The molecule has 228 valence electrons. The molecule has 0 atom stereocenters. The predicted molar refractivity (Wildman–Crippen MR) is 197 cm³/mol. The van der Waals surface area contributed by atoms with Crippen LogP contribution in [0.15, 0.2) is 161 Å². The summed E-state index contributed by atoms with van der Waals surface area (Å²) in [4.78, 5) is 12.4. The third-order valence-electron chi connectivity index (χ3n) is 9.18. The summed E-state index contributed by atoms with van der Waals surface area (Å²) >= 11 is 1.76. The summed E-state index contributed by atoms with van der Waals surface area (Å²) < 4.78 is 0. The molecule has 0 bridgehead atoms. The predicted octanol–water partition coefficient (Wildman–Crippen LogP) is 11.5. The van der Waals surface area contributed by atoms with Crippen LogP contribution in [0.4, 0.5) is 0 Å². The molecule has 1 aromatic heterocycles. The van der Waals surface area contributed by atoms with Crippen molar-refractivity contribution in [1.82, 2.24) is 9.97 Å². The third kappa shape index (κ3) is 5.29. The largest absolute Gasteiger partial charge is 0.228 e. The second-order valence-corrected chi connectivity index (χ2v) is 13.6. The Morgan fingerprint density at radius 1 is 0.521 bits per heavy atom. The summed E-state index contributed by atoms with van der Waals surface area (Å²) in [5.41, 5.74) is 12.3. The molecule has 4 heteroatoms. The lowest BCUT2D eigenvalue weighted by Crippen LogP contribution is -2.25. The van der Waals surface area contributed by atoms with E-state index in [0.717, 1.165) is 60.8 Å². The van der Waals surface area contributed by atoms with E-state index >= 15 is 0 Å². The van der Waals surface area contributed by atoms with Crippen molar-refractivity contribution in [3.63, 3.8) is 0 Å². The van der Waals surface area contributed by atoms with Crippen molar-refractivity contribution >= 4 is 11.8 Å². The summed E-state index contributed by atoms with van der Waals surface area (Å²) in [5.74, 6) is 0.704. The summed E-state index contributed by atoms with van der Waals surface area (Å²) in [5, 5.41) is 9.86. The number of aromatic nitrogens is 2. The fourth-order valence-electron chi connectivity index (χ4n) is 6.80. The maximum atomic E-state index is 9.86. The number of hydrogen-bond acceptors (Lipinski definition) is 4. The average Bonchev–Trinajstić information content (AvgIpc) is 3.15. The molecule has 0 saturated carbocycles. The highest BCUT2D eigenvalue weighted by Crippen LogP contribution is 2.51. The van der Waals surface area contributed by atoms with Crippen molar-refractivity contribution in [1.29, 1.82) is 5.26 Å². The van der Waals surface area contributed by atoms with Gasteiger partial charge in [-0.15, -0.1) is 0 Å². The Morgan fingerprint density at radius 3 is 1.81 bits per heavy atom. The van der Waals surface area contributed by atoms with Crippen molar-refractivity contribution in [3.05, 3.63) is 168 Å². The molecule has 8 rings (SSSR count). The zero-order valence-electron chi connectivity index (χ0n) is 26.7. The van der Waals surface area contributed by atoms with E-state index in [1.165, 1.54) is 16.0 Å². The van der Waals surface area contributed by atoms with Gasteiger partial charge >= 0.3 is 0 Å². The molecular formula is C44H31N3S. The first kappa shape index (κ1) is 29.6. The van der Waals surface area contributed by atoms with Crippen LogP contribution >= 0.6 is 11.8 Å². The number of nitriles is 1. The molecule has 0 spiro atoms. The highest BCUT2D eigenvalue weighted by molar-refractivity contribution is 7.99. The molecule has 0 saturated heterocycles. The average molecular weight is 634 g/mol. The molecule has 0 unspecified atom stereocenters. The van der Waals surface area contributed by atoms with Crippen molar-refractivity contribution in [3.8, 4) is 62.2 Å². The van der Waals surface area contributed by atoms with Crippen LogP contribution in [0, 0.1) is 11.3 Å². The molecule has 3 nitrogen and oxygen atoms in total. The molecule has 6 aromatic carbocycles. The Kier molecular flexibility index (Phi) is 7.48.